The average molecular weight is 264 g/mol. The van der Waals surface area contributed by atoms with Crippen LogP contribution in [-0.4, -0.2) is 4.98 Å². The molecule has 0 spiro atoms. The fraction of sp³-hybridized carbons (Fsp3) is 0.357. The van der Waals surface area contributed by atoms with Gasteiger partial charge in [-0.1, -0.05) is 12.1 Å². The second kappa shape index (κ2) is 5.59. The zero-order valence-corrected chi connectivity index (χ0v) is 11.7. The Kier molecular flexibility index (Phi) is 4.09. The maximum absolute atomic E-state index is 13.5. The smallest absolute Gasteiger partial charge is 0.129 e. The van der Waals surface area contributed by atoms with Gasteiger partial charge in [0.1, 0.15) is 10.8 Å². The number of hydrogen-bond acceptors (Lipinski definition) is 3. The van der Waals surface area contributed by atoms with Gasteiger partial charge in [0, 0.05) is 24.2 Å². The van der Waals surface area contributed by atoms with Gasteiger partial charge in [0.15, 0.2) is 0 Å². The van der Waals surface area contributed by atoms with Crippen molar-refractivity contribution in [1.82, 2.24) is 10.3 Å². The van der Waals surface area contributed by atoms with E-state index in [2.05, 4.69) is 10.3 Å². The van der Waals surface area contributed by atoms with E-state index in [9.17, 15) is 4.39 Å². The third-order valence-corrected chi connectivity index (χ3v) is 3.73. The summed E-state index contributed by atoms with van der Waals surface area (Å²) in [5, 5.41) is 6.46. The lowest BCUT2D eigenvalue weighted by atomic mass is 10.1. The quantitative estimate of drug-likeness (QED) is 0.914. The second-order valence-electron chi connectivity index (χ2n) is 4.53. The standard InChI is InChI=1S/C14H17FN2S/c1-9-4-12(5-10(2)14(9)15)6-16-7-13-17-11(3)8-18-13/h4-5,8,16H,6-7H2,1-3H3. The lowest BCUT2D eigenvalue weighted by Crippen LogP contribution is -2.13. The minimum Gasteiger partial charge on any atom is -0.306 e. The third kappa shape index (κ3) is 3.15. The largest absolute Gasteiger partial charge is 0.306 e. The summed E-state index contributed by atoms with van der Waals surface area (Å²) in [6.07, 6.45) is 0. The van der Waals surface area contributed by atoms with Crippen molar-refractivity contribution < 1.29 is 4.39 Å². The number of halogens is 1. The van der Waals surface area contributed by atoms with Crippen molar-refractivity contribution in [3.05, 3.63) is 50.7 Å². The Hall–Kier alpha value is -1.26. The molecule has 0 bridgehead atoms. The summed E-state index contributed by atoms with van der Waals surface area (Å²) in [7, 11) is 0. The summed E-state index contributed by atoms with van der Waals surface area (Å²) in [6, 6.07) is 3.78. The number of benzene rings is 1. The first kappa shape index (κ1) is 13.2. The number of nitrogens with zero attached hydrogens (tertiary/aromatic N) is 1. The van der Waals surface area contributed by atoms with Crippen molar-refractivity contribution in [2.75, 3.05) is 0 Å². The molecule has 0 fully saturated rings. The van der Waals surface area contributed by atoms with Crippen LogP contribution in [0.2, 0.25) is 0 Å². The fourth-order valence-corrected chi connectivity index (χ4v) is 2.68. The van der Waals surface area contributed by atoms with Crippen molar-refractivity contribution in [1.29, 1.82) is 0 Å². The van der Waals surface area contributed by atoms with Gasteiger partial charge in [-0.15, -0.1) is 11.3 Å². The van der Waals surface area contributed by atoms with Gasteiger partial charge >= 0.3 is 0 Å². The average Bonchev–Trinajstić information content (AvgIpc) is 2.72. The number of rotatable bonds is 4. The molecule has 1 N–H and O–H groups in total. The Balaban J connectivity index is 1.94. The lowest BCUT2D eigenvalue weighted by Gasteiger charge is -2.07. The van der Waals surface area contributed by atoms with Crippen LogP contribution in [0.3, 0.4) is 0 Å². The molecular weight excluding hydrogens is 247 g/mol. The summed E-state index contributed by atoms with van der Waals surface area (Å²) >= 11 is 1.66. The maximum Gasteiger partial charge on any atom is 0.129 e. The van der Waals surface area contributed by atoms with Crippen LogP contribution in [0.15, 0.2) is 17.5 Å². The molecule has 0 radical (unpaired) electrons. The van der Waals surface area contributed by atoms with E-state index in [1.54, 1.807) is 25.2 Å². The van der Waals surface area contributed by atoms with Gasteiger partial charge in [0.2, 0.25) is 0 Å². The molecule has 0 aliphatic heterocycles. The van der Waals surface area contributed by atoms with Gasteiger partial charge in [-0.05, 0) is 37.5 Å². The molecular formula is C14H17FN2S. The van der Waals surface area contributed by atoms with E-state index in [-0.39, 0.29) is 5.82 Å². The minimum absolute atomic E-state index is 0.103. The van der Waals surface area contributed by atoms with Crippen LogP contribution >= 0.6 is 11.3 Å². The van der Waals surface area contributed by atoms with Gasteiger partial charge in [0.05, 0.1) is 0 Å². The Labute approximate surface area is 111 Å². The molecule has 0 atom stereocenters. The van der Waals surface area contributed by atoms with Crippen molar-refractivity contribution in [2.45, 2.75) is 33.9 Å². The molecule has 0 saturated heterocycles. The van der Waals surface area contributed by atoms with Crippen LogP contribution in [0.25, 0.3) is 0 Å². The van der Waals surface area contributed by atoms with Gasteiger partial charge in [-0.3, -0.25) is 0 Å². The Bertz CT molecular complexity index is 525. The van der Waals surface area contributed by atoms with E-state index in [4.69, 9.17) is 0 Å². The maximum atomic E-state index is 13.5. The molecule has 0 unspecified atom stereocenters. The number of nitrogens with one attached hydrogen (secondary N) is 1. The summed E-state index contributed by atoms with van der Waals surface area (Å²) in [6.45, 7) is 7.09. The van der Waals surface area contributed by atoms with Crippen LogP contribution in [0.4, 0.5) is 4.39 Å². The zero-order chi connectivity index (χ0) is 13.1. The van der Waals surface area contributed by atoms with Gasteiger partial charge in [0.25, 0.3) is 0 Å². The normalized spacial score (nSPS) is 10.9. The molecule has 2 rings (SSSR count). The summed E-state index contributed by atoms with van der Waals surface area (Å²) in [5.74, 6) is -0.103. The van der Waals surface area contributed by atoms with E-state index < -0.39 is 0 Å². The molecule has 0 amide bonds. The molecule has 0 aliphatic carbocycles. The molecule has 1 aromatic carbocycles. The molecule has 96 valence electrons. The monoisotopic (exact) mass is 264 g/mol. The van der Waals surface area contributed by atoms with Gasteiger partial charge < -0.3 is 5.32 Å². The fourth-order valence-electron chi connectivity index (χ4n) is 1.94. The molecule has 0 aliphatic rings. The SMILES string of the molecule is Cc1csc(CNCc2cc(C)c(F)c(C)c2)n1. The van der Waals surface area contributed by atoms with E-state index in [0.29, 0.717) is 11.1 Å². The molecule has 4 heteroatoms. The molecule has 1 aromatic heterocycles. The van der Waals surface area contributed by atoms with E-state index in [0.717, 1.165) is 29.4 Å². The molecule has 0 saturated carbocycles. The van der Waals surface area contributed by atoms with Crippen molar-refractivity contribution in [3.63, 3.8) is 0 Å². The second-order valence-corrected chi connectivity index (χ2v) is 5.47. The van der Waals surface area contributed by atoms with Crippen molar-refractivity contribution >= 4 is 11.3 Å². The zero-order valence-electron chi connectivity index (χ0n) is 10.9. The van der Waals surface area contributed by atoms with Crippen LogP contribution in [0.5, 0.6) is 0 Å². The predicted molar refractivity (Wildman–Crippen MR) is 73.3 cm³/mol. The van der Waals surface area contributed by atoms with Crippen LogP contribution in [0.1, 0.15) is 27.4 Å². The van der Waals surface area contributed by atoms with E-state index >= 15 is 0 Å². The Morgan fingerprint density at radius 2 is 1.83 bits per heavy atom. The summed E-state index contributed by atoms with van der Waals surface area (Å²) in [4.78, 5) is 4.39. The van der Waals surface area contributed by atoms with E-state index in [1.165, 1.54) is 0 Å². The van der Waals surface area contributed by atoms with E-state index in [1.807, 2.05) is 24.4 Å². The first-order chi connectivity index (χ1) is 8.56. The minimum atomic E-state index is -0.103. The van der Waals surface area contributed by atoms with Crippen LogP contribution < -0.4 is 5.32 Å². The number of aryl methyl sites for hydroxylation is 3. The van der Waals surface area contributed by atoms with Crippen LogP contribution in [-0.2, 0) is 13.1 Å². The predicted octanol–water partition coefficient (Wildman–Crippen LogP) is 3.50. The topological polar surface area (TPSA) is 24.9 Å². The highest BCUT2D eigenvalue weighted by molar-refractivity contribution is 7.09. The number of hydrogen-bond donors (Lipinski definition) is 1. The Morgan fingerprint density at radius 1 is 1.17 bits per heavy atom. The molecule has 2 aromatic rings. The van der Waals surface area contributed by atoms with Crippen molar-refractivity contribution in [3.8, 4) is 0 Å². The first-order valence-corrected chi connectivity index (χ1v) is 6.81. The highest BCUT2D eigenvalue weighted by atomic mass is 32.1. The molecule has 2 nitrogen and oxygen atoms in total. The van der Waals surface area contributed by atoms with Gasteiger partial charge in [-0.2, -0.15) is 0 Å². The lowest BCUT2D eigenvalue weighted by molar-refractivity contribution is 0.606. The summed E-state index contributed by atoms with van der Waals surface area (Å²) < 4.78 is 13.5. The summed E-state index contributed by atoms with van der Waals surface area (Å²) in [5.41, 5.74) is 3.58. The molecule has 18 heavy (non-hydrogen) atoms. The Morgan fingerprint density at radius 3 is 2.39 bits per heavy atom. The third-order valence-electron chi connectivity index (χ3n) is 2.77. The molecule has 1 heterocycles. The highest BCUT2D eigenvalue weighted by Crippen LogP contribution is 2.15. The number of thiazole rings is 1. The van der Waals surface area contributed by atoms with Gasteiger partial charge in [-0.25, -0.2) is 9.37 Å². The number of aromatic nitrogens is 1. The highest BCUT2D eigenvalue weighted by Gasteiger charge is 2.04. The van der Waals surface area contributed by atoms with Crippen molar-refractivity contribution in [2.24, 2.45) is 0 Å². The van der Waals surface area contributed by atoms with Crippen LogP contribution in [0, 0.1) is 26.6 Å². The first-order valence-electron chi connectivity index (χ1n) is 5.93.